The van der Waals surface area contributed by atoms with Crippen LogP contribution in [0.2, 0.25) is 5.02 Å². The summed E-state index contributed by atoms with van der Waals surface area (Å²) in [6, 6.07) is 11.7. The van der Waals surface area contributed by atoms with Gasteiger partial charge in [0.25, 0.3) is 0 Å². The molecule has 0 unspecified atom stereocenters. The van der Waals surface area contributed by atoms with Crippen LogP contribution < -0.4 is 5.69 Å². The minimum absolute atomic E-state index is 0.278. The maximum absolute atomic E-state index is 12.6. The van der Waals surface area contributed by atoms with E-state index >= 15 is 0 Å². The fourth-order valence-electron chi connectivity index (χ4n) is 3.11. The second kappa shape index (κ2) is 6.51. The summed E-state index contributed by atoms with van der Waals surface area (Å²) in [6.45, 7) is 1.39. The summed E-state index contributed by atoms with van der Waals surface area (Å²) >= 11 is 7.91. The average Bonchev–Trinajstić information content (AvgIpc) is 3.31. The van der Waals surface area contributed by atoms with Crippen molar-refractivity contribution in [2.24, 2.45) is 0 Å². The highest BCUT2D eigenvalue weighted by Gasteiger charge is 2.28. The Labute approximate surface area is 147 Å². The molecule has 0 saturated carbocycles. The molecule has 1 saturated heterocycles. The first-order chi connectivity index (χ1) is 11.7. The minimum atomic E-state index is -0.278. The fourth-order valence-corrected chi connectivity index (χ4v) is 4.22. The average molecular weight is 362 g/mol. The zero-order valence-electron chi connectivity index (χ0n) is 12.9. The lowest BCUT2D eigenvalue weighted by molar-refractivity contribution is 0.189. The van der Waals surface area contributed by atoms with E-state index in [2.05, 4.69) is 32.8 Å². The minimum Gasteiger partial charge on any atom is -0.276 e. The number of aromatic nitrogens is 4. The number of likely N-dealkylation sites (tertiary alicyclic amines) is 1. The third-order valence-corrected chi connectivity index (χ3v) is 5.56. The Balaban J connectivity index is 1.60. The summed E-state index contributed by atoms with van der Waals surface area (Å²) in [4.78, 5) is 16.2. The van der Waals surface area contributed by atoms with Gasteiger partial charge in [0.05, 0.1) is 10.7 Å². The Hall–Kier alpha value is -1.96. The standard InChI is InChI=1S/C16H16ClN5OS/c17-12-5-1-2-6-13(12)22-16(23)21(18-19-22)11-20-9-3-7-14(20)15-8-4-10-24-15/h1-2,4-6,8,10,14H,3,7,9,11H2/t14-/m0/s1. The van der Waals surface area contributed by atoms with Crippen molar-refractivity contribution in [3.8, 4) is 5.69 Å². The van der Waals surface area contributed by atoms with Crippen molar-refractivity contribution in [2.75, 3.05) is 6.54 Å². The highest BCUT2D eigenvalue weighted by Crippen LogP contribution is 2.34. The number of thiophene rings is 1. The molecule has 0 aliphatic carbocycles. The summed E-state index contributed by atoms with van der Waals surface area (Å²) < 4.78 is 2.65. The summed E-state index contributed by atoms with van der Waals surface area (Å²) in [5.74, 6) is 0. The van der Waals surface area contributed by atoms with Crippen molar-refractivity contribution in [2.45, 2.75) is 25.6 Å². The lowest BCUT2D eigenvalue weighted by atomic mass is 10.2. The lowest BCUT2D eigenvalue weighted by Gasteiger charge is -2.22. The van der Waals surface area contributed by atoms with Gasteiger partial charge in [0, 0.05) is 17.5 Å². The molecule has 3 aromatic rings. The Morgan fingerprint density at radius 2 is 2.08 bits per heavy atom. The lowest BCUT2D eigenvalue weighted by Crippen LogP contribution is -2.33. The summed E-state index contributed by atoms with van der Waals surface area (Å²) in [5, 5.41) is 10.6. The van der Waals surface area contributed by atoms with Gasteiger partial charge in [0.1, 0.15) is 6.67 Å². The van der Waals surface area contributed by atoms with Gasteiger partial charge in [-0.15, -0.1) is 11.3 Å². The quantitative estimate of drug-likeness (QED) is 0.717. The molecule has 1 atom stereocenters. The molecule has 6 nitrogen and oxygen atoms in total. The van der Waals surface area contributed by atoms with Crippen LogP contribution in [0.15, 0.2) is 46.6 Å². The SMILES string of the molecule is O=c1n(CN2CCC[C@H]2c2cccs2)nnn1-c1ccccc1Cl. The van der Waals surface area contributed by atoms with Crippen LogP contribution in [-0.2, 0) is 6.67 Å². The Morgan fingerprint density at radius 3 is 2.88 bits per heavy atom. The van der Waals surface area contributed by atoms with E-state index in [0.29, 0.717) is 23.4 Å². The number of benzene rings is 1. The molecule has 1 aromatic carbocycles. The van der Waals surface area contributed by atoms with E-state index in [1.807, 2.05) is 12.1 Å². The number of tetrazole rings is 1. The van der Waals surface area contributed by atoms with Gasteiger partial charge < -0.3 is 0 Å². The number of hydrogen-bond donors (Lipinski definition) is 0. The predicted octanol–water partition coefficient (Wildman–Crippen LogP) is 2.94. The van der Waals surface area contributed by atoms with Crippen molar-refractivity contribution in [1.82, 2.24) is 24.7 Å². The van der Waals surface area contributed by atoms with Crippen LogP contribution in [0.4, 0.5) is 0 Å². The summed E-state index contributed by atoms with van der Waals surface area (Å²) in [6.07, 6.45) is 2.23. The first-order valence-corrected chi connectivity index (χ1v) is 9.05. The van der Waals surface area contributed by atoms with E-state index in [0.717, 1.165) is 19.4 Å². The van der Waals surface area contributed by atoms with E-state index < -0.39 is 0 Å². The molecule has 0 N–H and O–H groups in total. The van der Waals surface area contributed by atoms with Crippen LogP contribution >= 0.6 is 22.9 Å². The van der Waals surface area contributed by atoms with Crippen LogP contribution in [0.1, 0.15) is 23.8 Å². The monoisotopic (exact) mass is 361 g/mol. The molecule has 2 aromatic heterocycles. The van der Waals surface area contributed by atoms with E-state index in [4.69, 9.17) is 11.6 Å². The molecule has 0 bridgehead atoms. The van der Waals surface area contributed by atoms with E-state index in [-0.39, 0.29) is 5.69 Å². The van der Waals surface area contributed by atoms with E-state index in [9.17, 15) is 4.79 Å². The molecule has 3 heterocycles. The van der Waals surface area contributed by atoms with Crippen molar-refractivity contribution >= 4 is 22.9 Å². The number of halogens is 1. The second-order valence-corrected chi connectivity index (χ2v) is 7.14. The van der Waals surface area contributed by atoms with E-state index in [1.54, 1.807) is 23.5 Å². The smallest absolute Gasteiger partial charge is 0.276 e. The summed E-state index contributed by atoms with van der Waals surface area (Å²) in [5.41, 5.74) is 0.270. The molecule has 0 spiro atoms. The fraction of sp³-hybridized carbons (Fsp3) is 0.312. The highest BCUT2D eigenvalue weighted by atomic mass is 35.5. The number of para-hydroxylation sites is 1. The Morgan fingerprint density at radius 1 is 1.21 bits per heavy atom. The highest BCUT2D eigenvalue weighted by molar-refractivity contribution is 7.10. The van der Waals surface area contributed by atoms with Gasteiger partial charge >= 0.3 is 5.69 Å². The molecule has 1 fully saturated rings. The van der Waals surface area contributed by atoms with Gasteiger partial charge in [-0.05, 0) is 46.8 Å². The van der Waals surface area contributed by atoms with Gasteiger partial charge in [-0.2, -0.15) is 9.36 Å². The molecule has 24 heavy (non-hydrogen) atoms. The first-order valence-electron chi connectivity index (χ1n) is 7.79. The molecule has 4 rings (SSSR count). The van der Waals surface area contributed by atoms with Crippen LogP contribution in [0.5, 0.6) is 0 Å². The van der Waals surface area contributed by atoms with Gasteiger partial charge in [-0.3, -0.25) is 4.90 Å². The molecule has 8 heteroatoms. The van der Waals surface area contributed by atoms with Gasteiger partial charge in [-0.25, -0.2) is 4.79 Å². The largest absolute Gasteiger partial charge is 0.369 e. The van der Waals surface area contributed by atoms with Crippen LogP contribution in [0, 0.1) is 0 Å². The third-order valence-electron chi connectivity index (χ3n) is 4.27. The Kier molecular flexibility index (Phi) is 4.22. The maximum atomic E-state index is 12.6. The predicted molar refractivity (Wildman–Crippen MR) is 93.6 cm³/mol. The van der Waals surface area contributed by atoms with Crippen LogP contribution in [0.25, 0.3) is 5.69 Å². The topological polar surface area (TPSA) is 56.0 Å². The van der Waals surface area contributed by atoms with Crippen molar-refractivity contribution in [3.63, 3.8) is 0 Å². The number of hydrogen-bond acceptors (Lipinski definition) is 5. The molecule has 1 aliphatic heterocycles. The van der Waals surface area contributed by atoms with Crippen molar-refractivity contribution in [3.05, 3.63) is 62.2 Å². The van der Waals surface area contributed by atoms with E-state index in [1.165, 1.54) is 14.2 Å². The zero-order chi connectivity index (χ0) is 16.5. The third kappa shape index (κ3) is 2.79. The molecular weight excluding hydrogens is 346 g/mol. The number of nitrogens with zero attached hydrogens (tertiary/aromatic N) is 5. The summed E-state index contributed by atoms with van der Waals surface area (Å²) in [7, 11) is 0. The normalized spacial score (nSPS) is 18.3. The second-order valence-electron chi connectivity index (χ2n) is 5.75. The van der Waals surface area contributed by atoms with Crippen LogP contribution in [0.3, 0.4) is 0 Å². The molecule has 0 amide bonds. The van der Waals surface area contributed by atoms with Gasteiger partial charge in [0.15, 0.2) is 0 Å². The first kappa shape index (κ1) is 15.6. The molecule has 0 radical (unpaired) electrons. The molecule has 1 aliphatic rings. The van der Waals surface area contributed by atoms with Crippen LogP contribution in [-0.4, -0.2) is 31.2 Å². The maximum Gasteiger partial charge on any atom is 0.369 e. The van der Waals surface area contributed by atoms with Crippen molar-refractivity contribution in [1.29, 1.82) is 0 Å². The van der Waals surface area contributed by atoms with Gasteiger partial charge in [0.2, 0.25) is 0 Å². The molecular formula is C16H16ClN5OS. The number of rotatable bonds is 4. The zero-order valence-corrected chi connectivity index (χ0v) is 14.5. The van der Waals surface area contributed by atoms with Crippen molar-refractivity contribution < 1.29 is 0 Å². The molecule has 124 valence electrons. The van der Waals surface area contributed by atoms with Gasteiger partial charge in [-0.1, -0.05) is 29.8 Å². The Bertz CT molecular complexity index is 888.